The molecular weight excluding hydrogens is 408 g/mol. The van der Waals surface area contributed by atoms with Crippen molar-refractivity contribution in [2.75, 3.05) is 49.5 Å². The van der Waals surface area contributed by atoms with Crippen LogP contribution in [0.4, 0.5) is 17.1 Å². The van der Waals surface area contributed by atoms with E-state index < -0.39 is 0 Å². The number of benzene rings is 2. The van der Waals surface area contributed by atoms with Gasteiger partial charge in [-0.3, -0.25) is 19.8 Å². The number of anilines is 2. The number of fused-ring (bicyclic) bond motifs is 1. The Bertz CT molecular complexity index is 960. The zero-order valence-corrected chi connectivity index (χ0v) is 17.2. The van der Waals surface area contributed by atoms with Gasteiger partial charge in [0.15, 0.2) is 0 Å². The summed E-state index contributed by atoms with van der Waals surface area (Å²) in [6.45, 7) is 4.15. The van der Waals surface area contributed by atoms with Crippen LogP contribution in [0.1, 0.15) is 12.0 Å². The molecule has 2 aliphatic heterocycles. The van der Waals surface area contributed by atoms with E-state index in [1.807, 2.05) is 23.1 Å². The first-order valence-electron chi connectivity index (χ1n) is 9.97. The maximum atomic E-state index is 11.7. The van der Waals surface area contributed by atoms with E-state index in [-0.39, 0.29) is 16.5 Å². The molecule has 0 saturated carbocycles. The number of nitrogens with zero attached hydrogens (tertiary/aromatic N) is 3. The highest BCUT2D eigenvalue weighted by atomic mass is 35.5. The third kappa shape index (κ3) is 4.49. The molecule has 0 bridgehead atoms. The summed E-state index contributed by atoms with van der Waals surface area (Å²) in [5.41, 5.74) is 2.16. The molecule has 0 spiro atoms. The lowest BCUT2D eigenvalue weighted by Gasteiger charge is -2.36. The number of carbonyl (C=O) groups is 1. The second-order valence-electron chi connectivity index (χ2n) is 7.41. The molecule has 0 unspecified atom stereocenters. The summed E-state index contributed by atoms with van der Waals surface area (Å²) in [5, 5.41) is 15.1. The predicted molar refractivity (Wildman–Crippen MR) is 116 cm³/mol. The Morgan fingerprint density at radius 2 is 1.90 bits per heavy atom. The van der Waals surface area contributed by atoms with Crippen molar-refractivity contribution in [1.82, 2.24) is 4.90 Å². The van der Waals surface area contributed by atoms with E-state index in [2.05, 4.69) is 10.2 Å². The van der Waals surface area contributed by atoms with Gasteiger partial charge in [-0.1, -0.05) is 23.7 Å². The van der Waals surface area contributed by atoms with Crippen LogP contribution in [0.15, 0.2) is 36.4 Å². The Kier molecular flexibility index (Phi) is 6.06. The molecule has 8 nitrogen and oxygen atoms in total. The molecule has 158 valence electrons. The van der Waals surface area contributed by atoms with E-state index in [0.717, 1.165) is 25.2 Å². The minimum absolute atomic E-state index is 0.0503. The van der Waals surface area contributed by atoms with E-state index in [9.17, 15) is 14.9 Å². The highest BCUT2D eigenvalue weighted by molar-refractivity contribution is 6.32. The zero-order valence-electron chi connectivity index (χ0n) is 16.5. The summed E-state index contributed by atoms with van der Waals surface area (Å²) in [5.74, 6) is 0.621. The molecule has 1 amide bonds. The molecule has 2 aromatic carbocycles. The van der Waals surface area contributed by atoms with Crippen molar-refractivity contribution in [3.8, 4) is 5.75 Å². The van der Waals surface area contributed by atoms with Gasteiger partial charge in [-0.2, -0.15) is 0 Å². The maximum Gasteiger partial charge on any atom is 0.292 e. The highest BCUT2D eigenvalue weighted by Crippen LogP contribution is 2.36. The van der Waals surface area contributed by atoms with E-state index >= 15 is 0 Å². The number of ether oxygens (including phenoxy) is 1. The van der Waals surface area contributed by atoms with Crippen molar-refractivity contribution in [1.29, 1.82) is 0 Å². The molecule has 0 radical (unpaired) electrons. The minimum Gasteiger partial charge on any atom is -0.491 e. The first-order chi connectivity index (χ1) is 14.5. The molecular formula is C21H23ClN4O4. The van der Waals surface area contributed by atoms with Gasteiger partial charge in [0.2, 0.25) is 5.91 Å². The second-order valence-corrected chi connectivity index (χ2v) is 7.82. The number of piperazine rings is 1. The number of aryl methyl sites for hydroxylation is 1. The second kappa shape index (κ2) is 8.89. The number of rotatable bonds is 6. The summed E-state index contributed by atoms with van der Waals surface area (Å²) in [6.07, 6.45) is 0.889. The molecule has 0 atom stereocenters. The molecule has 2 aliphatic rings. The van der Waals surface area contributed by atoms with E-state index in [0.29, 0.717) is 54.7 Å². The number of nitrogens with one attached hydrogen (secondary N) is 1. The van der Waals surface area contributed by atoms with Crippen LogP contribution in [0.3, 0.4) is 0 Å². The van der Waals surface area contributed by atoms with E-state index in [4.69, 9.17) is 16.3 Å². The van der Waals surface area contributed by atoms with Gasteiger partial charge in [0.05, 0.1) is 9.95 Å². The Hall–Kier alpha value is -2.84. The van der Waals surface area contributed by atoms with Crippen LogP contribution in [-0.2, 0) is 11.2 Å². The maximum absolute atomic E-state index is 11.7. The smallest absolute Gasteiger partial charge is 0.292 e. The normalized spacial score (nSPS) is 16.7. The van der Waals surface area contributed by atoms with Gasteiger partial charge in [0.1, 0.15) is 18.0 Å². The van der Waals surface area contributed by atoms with Crippen molar-refractivity contribution < 1.29 is 14.5 Å². The molecule has 0 aromatic heterocycles. The lowest BCUT2D eigenvalue weighted by atomic mass is 10.0. The van der Waals surface area contributed by atoms with Gasteiger partial charge in [-0.05, 0) is 30.2 Å². The summed E-state index contributed by atoms with van der Waals surface area (Å²) in [7, 11) is 0. The third-order valence-corrected chi connectivity index (χ3v) is 5.82. The SMILES string of the molecule is O=C1CCc2cc([N+](=O)[O-])c(N3CCN(CCOc4ccccc4Cl)CC3)cc2N1. The minimum atomic E-state index is -0.337. The number of nitro benzene ring substituents is 1. The summed E-state index contributed by atoms with van der Waals surface area (Å²) in [6, 6.07) is 10.7. The Morgan fingerprint density at radius 3 is 2.63 bits per heavy atom. The van der Waals surface area contributed by atoms with Crippen LogP contribution in [-0.4, -0.2) is 55.1 Å². The van der Waals surface area contributed by atoms with Gasteiger partial charge in [-0.15, -0.1) is 0 Å². The first-order valence-corrected chi connectivity index (χ1v) is 10.3. The Morgan fingerprint density at radius 1 is 1.13 bits per heavy atom. The number of nitro groups is 1. The molecule has 1 fully saturated rings. The number of hydrogen-bond acceptors (Lipinski definition) is 6. The van der Waals surface area contributed by atoms with E-state index in [1.165, 1.54) is 0 Å². The molecule has 9 heteroatoms. The topological polar surface area (TPSA) is 88.0 Å². The number of halogens is 1. The Balaban J connectivity index is 1.38. The largest absolute Gasteiger partial charge is 0.491 e. The molecule has 2 heterocycles. The number of amides is 1. The van der Waals surface area contributed by atoms with Crippen LogP contribution in [0.25, 0.3) is 0 Å². The lowest BCUT2D eigenvalue weighted by molar-refractivity contribution is -0.384. The predicted octanol–water partition coefficient (Wildman–Crippen LogP) is 3.33. The molecule has 30 heavy (non-hydrogen) atoms. The third-order valence-electron chi connectivity index (χ3n) is 5.51. The van der Waals surface area contributed by atoms with Crippen molar-refractivity contribution in [2.24, 2.45) is 0 Å². The summed E-state index contributed by atoms with van der Waals surface area (Å²) < 4.78 is 5.76. The standard InChI is InChI=1S/C21H23ClN4O4/c22-16-3-1-2-4-20(16)30-12-11-24-7-9-25(10-8-24)18-14-17-15(5-6-21(27)23-17)13-19(18)26(28)29/h1-4,13-14H,5-12H2,(H,23,27). The van der Waals surface area contributed by atoms with Crippen molar-refractivity contribution in [3.05, 3.63) is 57.1 Å². The van der Waals surface area contributed by atoms with Gasteiger partial charge in [-0.25, -0.2) is 0 Å². The summed E-state index contributed by atoms with van der Waals surface area (Å²) >= 11 is 6.11. The average Bonchev–Trinajstić information content (AvgIpc) is 2.74. The van der Waals surface area contributed by atoms with Crippen molar-refractivity contribution >= 4 is 34.6 Å². The van der Waals surface area contributed by atoms with Crippen LogP contribution in [0.5, 0.6) is 5.75 Å². The fourth-order valence-corrected chi connectivity index (χ4v) is 4.05. The molecule has 0 aliphatic carbocycles. The van der Waals surface area contributed by atoms with Crippen LogP contribution < -0.4 is 15.0 Å². The number of carbonyl (C=O) groups excluding carboxylic acids is 1. The fourth-order valence-electron chi connectivity index (χ4n) is 3.86. The molecule has 1 saturated heterocycles. The van der Waals surface area contributed by atoms with Gasteiger partial charge in [0, 0.05) is 50.9 Å². The van der Waals surface area contributed by atoms with Crippen molar-refractivity contribution in [3.63, 3.8) is 0 Å². The van der Waals surface area contributed by atoms with E-state index in [1.54, 1.807) is 18.2 Å². The fraction of sp³-hybridized carbons (Fsp3) is 0.381. The molecule has 2 aromatic rings. The average molecular weight is 431 g/mol. The first kappa shape index (κ1) is 20.4. The highest BCUT2D eigenvalue weighted by Gasteiger charge is 2.27. The van der Waals surface area contributed by atoms with Gasteiger partial charge in [0.25, 0.3) is 5.69 Å². The molecule has 4 rings (SSSR count). The van der Waals surface area contributed by atoms with Gasteiger partial charge < -0.3 is 15.0 Å². The number of hydrogen-bond donors (Lipinski definition) is 1. The zero-order chi connectivity index (χ0) is 21.1. The summed E-state index contributed by atoms with van der Waals surface area (Å²) in [4.78, 5) is 27.3. The van der Waals surface area contributed by atoms with Crippen LogP contribution >= 0.6 is 11.6 Å². The monoisotopic (exact) mass is 430 g/mol. The van der Waals surface area contributed by atoms with Gasteiger partial charge >= 0.3 is 0 Å². The lowest BCUT2D eigenvalue weighted by Crippen LogP contribution is -2.47. The quantitative estimate of drug-likeness (QED) is 0.558. The van der Waals surface area contributed by atoms with Crippen LogP contribution in [0, 0.1) is 10.1 Å². The Labute approximate surface area is 179 Å². The number of para-hydroxylation sites is 1. The molecule has 1 N–H and O–H groups in total. The van der Waals surface area contributed by atoms with Crippen molar-refractivity contribution in [2.45, 2.75) is 12.8 Å². The van der Waals surface area contributed by atoms with Crippen LogP contribution in [0.2, 0.25) is 5.02 Å².